The molecule has 3 aromatic rings. The number of urea groups is 1. The molecule has 2 saturated heterocycles. The van der Waals surface area contributed by atoms with Crippen molar-refractivity contribution in [2.24, 2.45) is 5.92 Å². The molecule has 3 heterocycles. The topological polar surface area (TPSA) is 221 Å². The van der Waals surface area contributed by atoms with Gasteiger partial charge in [0.25, 0.3) is 0 Å². The number of fused-ring (bicyclic) bond motifs is 1. The van der Waals surface area contributed by atoms with Crippen LogP contribution in [0.1, 0.15) is 84.1 Å². The number of rotatable bonds is 19. The number of aromatic nitrogens is 1. The van der Waals surface area contributed by atoms with Gasteiger partial charge < -0.3 is 50.5 Å². The number of benzene rings is 2. The molecule has 2 aliphatic rings. The first-order valence-electron chi connectivity index (χ1n) is 22.8. The van der Waals surface area contributed by atoms with E-state index >= 15 is 0 Å². The maximum atomic E-state index is 14.5. The quantitative estimate of drug-likeness (QED) is 0.114. The minimum Gasteiger partial charge on any atom is -0.495 e. The number of carboxylic acid groups (broad SMARTS) is 1. The van der Waals surface area contributed by atoms with Gasteiger partial charge in [0.15, 0.2) is 0 Å². The molecule has 4 unspecified atom stereocenters. The van der Waals surface area contributed by atoms with Crippen molar-refractivity contribution in [1.82, 2.24) is 35.6 Å². The summed E-state index contributed by atoms with van der Waals surface area (Å²) in [4.78, 5) is 101. The normalized spacial score (nSPS) is 16.1. The van der Waals surface area contributed by atoms with Crippen LogP contribution in [-0.4, -0.2) is 139 Å². The summed E-state index contributed by atoms with van der Waals surface area (Å²) in [6, 6.07) is 9.04. The van der Waals surface area contributed by atoms with Crippen LogP contribution in [0, 0.1) is 5.92 Å². The third kappa shape index (κ3) is 13.6. The van der Waals surface area contributed by atoms with E-state index in [1.165, 1.54) is 17.9 Å². The number of para-hydroxylation sites is 3. The largest absolute Gasteiger partial charge is 0.495 e. The van der Waals surface area contributed by atoms with Crippen LogP contribution in [0.2, 0.25) is 0 Å². The van der Waals surface area contributed by atoms with Crippen LogP contribution in [0.3, 0.4) is 0 Å². The lowest BCUT2D eigenvalue weighted by Gasteiger charge is -2.37. The summed E-state index contributed by atoms with van der Waals surface area (Å²) in [6.07, 6.45) is 5.49. The van der Waals surface area contributed by atoms with Crippen LogP contribution < -0.4 is 30.9 Å². The van der Waals surface area contributed by atoms with Crippen LogP contribution in [0.4, 0.5) is 15.3 Å². The number of nitrogens with zero attached hydrogens (tertiary/aromatic N) is 4. The lowest BCUT2D eigenvalue weighted by molar-refractivity contribution is -0.145. The van der Waals surface area contributed by atoms with Crippen molar-refractivity contribution in [3.05, 3.63) is 60.3 Å². The van der Waals surface area contributed by atoms with E-state index in [1.807, 2.05) is 45.0 Å². The summed E-state index contributed by atoms with van der Waals surface area (Å²) in [5.41, 5.74) is 1.91. The van der Waals surface area contributed by atoms with Crippen molar-refractivity contribution in [3.8, 4) is 5.75 Å². The molecule has 1 aromatic heterocycles. The van der Waals surface area contributed by atoms with Gasteiger partial charge in [-0.3, -0.25) is 23.7 Å². The van der Waals surface area contributed by atoms with Crippen LogP contribution >= 0.6 is 0 Å². The van der Waals surface area contributed by atoms with Crippen LogP contribution in [0.15, 0.2) is 54.7 Å². The van der Waals surface area contributed by atoms with Gasteiger partial charge in [-0.25, -0.2) is 14.4 Å². The number of aliphatic carboxylic acids is 1. The Morgan fingerprint density at radius 2 is 1.32 bits per heavy atom. The number of ether oxygens (including phenoxy) is 2. The fourth-order valence-corrected chi connectivity index (χ4v) is 8.39. The van der Waals surface area contributed by atoms with Gasteiger partial charge in [-0.15, -0.1) is 0 Å². The minimum absolute atomic E-state index is 0.0142. The highest BCUT2D eigenvalue weighted by atomic mass is 16.5. The molecule has 0 spiro atoms. The number of carbonyl (C=O) groups is 7. The smallest absolute Gasteiger partial charge is 0.418 e. The first-order chi connectivity index (χ1) is 31.2. The molecule has 5 rings (SSSR count). The predicted molar refractivity (Wildman–Crippen MR) is 245 cm³/mol. The summed E-state index contributed by atoms with van der Waals surface area (Å²) in [5.74, 6) is -3.33. The van der Waals surface area contributed by atoms with Gasteiger partial charge in [-0.2, -0.15) is 0 Å². The molecule has 0 bridgehead atoms. The van der Waals surface area contributed by atoms with Crippen molar-refractivity contribution in [3.63, 3.8) is 0 Å². The first kappa shape index (κ1) is 49.7. The number of piperazine rings is 1. The third-order valence-electron chi connectivity index (χ3n) is 12.0. The second kappa shape index (κ2) is 24.1. The summed E-state index contributed by atoms with van der Waals surface area (Å²) < 4.78 is 11.8. The molecule has 2 fully saturated rings. The molecule has 2 aliphatic heterocycles. The standard InChI is InChI=1S/C47H66N8O10/c1-6-7-17-34(42(57)50-37(45(60)61)29-41(56)53-25-23-52(24-26-53)39-19-12-13-20-40(39)64-4)48-44(59)36(28-32-30-55(47(63)65-5)38-18-11-10-16-33(32)38)49-43(58)35(27-31(2)3)51-46(62)54-21-14-8-9-15-22-54/h10-13,16,18-20,30-31,34-37H,6-9,14-15,17,21-29H2,1-5H3,(H,48,59)(H,49,58)(H,50,57)(H,51,62)(H,60,61). The van der Waals surface area contributed by atoms with E-state index in [0.29, 0.717) is 74.3 Å². The van der Waals surface area contributed by atoms with Crippen LogP contribution in [0.5, 0.6) is 5.75 Å². The molecule has 0 radical (unpaired) electrons. The van der Waals surface area contributed by atoms with Gasteiger partial charge in [0.2, 0.25) is 23.6 Å². The SMILES string of the molecule is CCCCC(NC(=O)C(Cc1cn(C(=O)OC)c2ccccc12)NC(=O)C(CC(C)C)NC(=O)N1CCCCCC1)C(=O)NC(CC(=O)N1CCN(c2ccccc2OC)CC1)C(=O)O. The number of methoxy groups -OCH3 is 2. The lowest BCUT2D eigenvalue weighted by atomic mass is 10.00. The molecule has 2 aromatic carbocycles. The molecule has 18 heteroatoms. The highest BCUT2D eigenvalue weighted by Crippen LogP contribution is 2.29. The Bertz CT molecular complexity index is 2130. The number of carboxylic acids is 1. The van der Waals surface area contributed by atoms with Gasteiger partial charge in [0.1, 0.15) is 29.9 Å². The summed E-state index contributed by atoms with van der Waals surface area (Å²) in [7, 11) is 2.84. The van der Waals surface area contributed by atoms with E-state index in [0.717, 1.165) is 31.4 Å². The average Bonchev–Trinajstić information content (AvgIpc) is 3.44. The highest BCUT2D eigenvalue weighted by Gasteiger charge is 2.35. The van der Waals surface area contributed by atoms with E-state index in [-0.39, 0.29) is 31.2 Å². The van der Waals surface area contributed by atoms with Crippen molar-refractivity contribution in [1.29, 1.82) is 0 Å². The van der Waals surface area contributed by atoms with Gasteiger partial charge in [-0.1, -0.05) is 76.8 Å². The number of carbonyl (C=O) groups excluding carboxylic acids is 6. The van der Waals surface area contributed by atoms with E-state index in [2.05, 4.69) is 26.2 Å². The number of hydrogen-bond acceptors (Lipinski definition) is 10. The highest BCUT2D eigenvalue weighted by molar-refractivity contribution is 5.97. The zero-order valence-corrected chi connectivity index (χ0v) is 38.3. The summed E-state index contributed by atoms with van der Waals surface area (Å²) in [6.45, 7) is 8.52. The number of likely N-dealkylation sites (tertiary alicyclic amines) is 1. The Kier molecular flexibility index (Phi) is 18.4. The second-order valence-corrected chi connectivity index (χ2v) is 17.2. The van der Waals surface area contributed by atoms with Crippen molar-refractivity contribution < 1.29 is 48.1 Å². The fourth-order valence-electron chi connectivity index (χ4n) is 8.39. The molecule has 6 amide bonds. The number of amides is 6. The molecule has 0 saturated carbocycles. The minimum atomic E-state index is -1.59. The number of unbranched alkanes of at least 4 members (excludes halogenated alkanes) is 1. The van der Waals surface area contributed by atoms with Crippen LogP contribution in [0.25, 0.3) is 10.9 Å². The van der Waals surface area contributed by atoms with Crippen molar-refractivity contribution in [2.75, 3.05) is 58.4 Å². The Labute approximate surface area is 380 Å². The maximum Gasteiger partial charge on any atom is 0.418 e. The summed E-state index contributed by atoms with van der Waals surface area (Å²) in [5, 5.41) is 21.9. The molecule has 5 N–H and O–H groups in total. The number of hydrogen-bond donors (Lipinski definition) is 5. The number of anilines is 1. The Hall–Kier alpha value is -6.33. The molecular weight excluding hydrogens is 837 g/mol. The molecule has 18 nitrogen and oxygen atoms in total. The second-order valence-electron chi connectivity index (χ2n) is 17.2. The monoisotopic (exact) mass is 902 g/mol. The van der Waals surface area contributed by atoms with Crippen molar-refractivity contribution >= 4 is 58.3 Å². The lowest BCUT2D eigenvalue weighted by Crippen LogP contribution is -2.59. The fraction of sp³-hybridized carbons (Fsp3) is 0.553. The number of nitrogens with one attached hydrogen (secondary N) is 4. The van der Waals surface area contributed by atoms with E-state index < -0.39 is 66.3 Å². The Balaban J connectivity index is 1.35. The Morgan fingerprint density at radius 3 is 1.97 bits per heavy atom. The van der Waals surface area contributed by atoms with Crippen molar-refractivity contribution in [2.45, 2.75) is 109 Å². The molecule has 65 heavy (non-hydrogen) atoms. The molecule has 4 atom stereocenters. The van der Waals surface area contributed by atoms with E-state index in [9.17, 15) is 38.7 Å². The maximum absolute atomic E-state index is 14.5. The predicted octanol–water partition coefficient (Wildman–Crippen LogP) is 4.28. The first-order valence-corrected chi connectivity index (χ1v) is 22.8. The zero-order valence-electron chi connectivity index (χ0n) is 38.3. The summed E-state index contributed by atoms with van der Waals surface area (Å²) >= 11 is 0. The Morgan fingerprint density at radius 1 is 0.708 bits per heavy atom. The zero-order chi connectivity index (χ0) is 47.0. The van der Waals surface area contributed by atoms with E-state index in [4.69, 9.17) is 9.47 Å². The van der Waals surface area contributed by atoms with Gasteiger partial charge in [0, 0.05) is 57.3 Å². The molecule has 0 aliphatic carbocycles. The van der Waals surface area contributed by atoms with Crippen LogP contribution in [-0.2, 0) is 35.1 Å². The van der Waals surface area contributed by atoms with Gasteiger partial charge in [0.05, 0.1) is 31.8 Å². The third-order valence-corrected chi connectivity index (χ3v) is 12.0. The van der Waals surface area contributed by atoms with Gasteiger partial charge >= 0.3 is 18.1 Å². The average molecular weight is 903 g/mol. The molecule has 354 valence electrons. The van der Waals surface area contributed by atoms with Gasteiger partial charge in [-0.05, 0) is 55.4 Å². The van der Waals surface area contributed by atoms with E-state index in [1.54, 1.807) is 41.2 Å². The molecular formula is C47H66N8O10.